The van der Waals surface area contributed by atoms with Gasteiger partial charge in [-0.2, -0.15) is 0 Å². The summed E-state index contributed by atoms with van der Waals surface area (Å²) in [4.78, 5) is 0. The zero-order valence-corrected chi connectivity index (χ0v) is 11.3. The molecular formula is C10H18OZn-. The second-order valence-electron chi connectivity index (χ2n) is 2.69. The van der Waals surface area contributed by atoms with Gasteiger partial charge < -0.3 is 5.11 Å². The van der Waals surface area contributed by atoms with Crippen molar-refractivity contribution in [2.24, 2.45) is 5.92 Å². The molecule has 0 saturated heterocycles. The van der Waals surface area contributed by atoms with E-state index in [1.165, 1.54) is 6.42 Å². The van der Waals surface area contributed by atoms with Gasteiger partial charge in [-0.3, -0.25) is 0 Å². The summed E-state index contributed by atoms with van der Waals surface area (Å²) in [7, 11) is 0. The molecule has 0 aromatic heterocycles. The Labute approximate surface area is 89.0 Å². The second kappa shape index (κ2) is 9.25. The Morgan fingerprint density at radius 2 is 2.17 bits per heavy atom. The number of allylic oxidation sites excluding steroid dienone is 2. The number of rotatable bonds is 1. The van der Waals surface area contributed by atoms with Gasteiger partial charge in [-0.25, -0.2) is 0 Å². The van der Waals surface area contributed by atoms with E-state index in [0.717, 1.165) is 19.3 Å². The minimum absolute atomic E-state index is 0. The van der Waals surface area contributed by atoms with Crippen molar-refractivity contribution in [3.05, 3.63) is 18.8 Å². The summed E-state index contributed by atoms with van der Waals surface area (Å²) in [6, 6.07) is 0. The van der Waals surface area contributed by atoms with Crippen molar-refractivity contribution >= 4 is 0 Å². The van der Waals surface area contributed by atoms with Crippen molar-refractivity contribution in [1.29, 1.82) is 0 Å². The fraction of sp³-hybridized carbons (Fsp3) is 0.700. The predicted molar refractivity (Wildman–Crippen MR) is 46.7 cm³/mol. The van der Waals surface area contributed by atoms with Gasteiger partial charge >= 0.3 is 0 Å². The van der Waals surface area contributed by atoms with Gasteiger partial charge in [0.1, 0.15) is 0 Å². The summed E-state index contributed by atoms with van der Waals surface area (Å²) >= 11 is 0. The van der Waals surface area contributed by atoms with Crippen LogP contribution in [0, 0.1) is 12.8 Å². The molecule has 0 bridgehead atoms. The summed E-state index contributed by atoms with van der Waals surface area (Å²) < 4.78 is 0. The molecule has 1 aliphatic rings. The maximum absolute atomic E-state index is 10.8. The Bertz CT molecular complexity index is 121. The predicted octanol–water partition coefficient (Wildman–Crippen LogP) is 2.28. The minimum Gasteiger partial charge on any atom is -0.876 e. The van der Waals surface area contributed by atoms with E-state index >= 15 is 0 Å². The molecule has 1 atom stereocenters. The van der Waals surface area contributed by atoms with Gasteiger partial charge in [0.25, 0.3) is 0 Å². The van der Waals surface area contributed by atoms with Crippen molar-refractivity contribution in [3.8, 4) is 0 Å². The van der Waals surface area contributed by atoms with Crippen LogP contribution >= 0.6 is 0 Å². The van der Waals surface area contributed by atoms with Gasteiger partial charge in [-0.05, 0) is 31.6 Å². The third-order valence-corrected chi connectivity index (χ3v) is 1.94. The number of hydrogen-bond donors (Lipinski definition) is 0. The fourth-order valence-corrected chi connectivity index (χ4v) is 1.29. The fourth-order valence-electron chi connectivity index (χ4n) is 1.29. The molecule has 1 radical (unpaired) electrons. The van der Waals surface area contributed by atoms with Crippen LogP contribution in [0.5, 0.6) is 0 Å². The third-order valence-electron chi connectivity index (χ3n) is 1.94. The Morgan fingerprint density at radius 1 is 1.58 bits per heavy atom. The Morgan fingerprint density at radius 3 is 2.50 bits per heavy atom. The first-order chi connectivity index (χ1) is 5.33. The maximum atomic E-state index is 10.8. The summed E-state index contributed by atoms with van der Waals surface area (Å²) in [6.45, 7) is 7.14. The molecule has 0 spiro atoms. The van der Waals surface area contributed by atoms with E-state index in [9.17, 15) is 5.11 Å². The van der Waals surface area contributed by atoms with E-state index in [1.807, 2.05) is 6.08 Å². The van der Waals surface area contributed by atoms with Crippen molar-refractivity contribution in [1.82, 2.24) is 0 Å². The first-order valence-electron chi connectivity index (χ1n) is 4.41. The standard InChI is InChI=1S/C8H14O.C2H5.Zn/c1-2-7-4-3-5-8(9)6-7;1-2;/h6-7,9H,2-5H2,1H3;1H2,2H3;/p-1/t7-;;/m1../s1. The normalized spacial score (nSPS) is 21.2. The van der Waals surface area contributed by atoms with E-state index in [0.29, 0.717) is 11.7 Å². The van der Waals surface area contributed by atoms with Crippen LogP contribution in [-0.2, 0) is 19.5 Å². The molecule has 12 heavy (non-hydrogen) atoms. The van der Waals surface area contributed by atoms with Crippen LogP contribution in [0.25, 0.3) is 0 Å². The molecule has 0 aromatic carbocycles. The Hall–Kier alpha value is 0.163. The van der Waals surface area contributed by atoms with Crippen LogP contribution in [0.3, 0.4) is 0 Å². The zero-order chi connectivity index (χ0) is 8.69. The van der Waals surface area contributed by atoms with E-state index in [4.69, 9.17) is 0 Å². The van der Waals surface area contributed by atoms with E-state index in [2.05, 4.69) is 13.8 Å². The summed E-state index contributed by atoms with van der Waals surface area (Å²) in [5, 5.41) is 10.8. The van der Waals surface area contributed by atoms with Crippen LogP contribution in [0.4, 0.5) is 0 Å². The van der Waals surface area contributed by atoms with Crippen molar-refractivity contribution in [2.75, 3.05) is 0 Å². The van der Waals surface area contributed by atoms with Crippen molar-refractivity contribution in [2.45, 2.75) is 39.5 Å². The molecule has 0 amide bonds. The number of hydrogen-bond acceptors (Lipinski definition) is 1. The van der Waals surface area contributed by atoms with Gasteiger partial charge in [-0.15, -0.1) is 5.76 Å². The zero-order valence-electron chi connectivity index (χ0n) is 8.31. The van der Waals surface area contributed by atoms with Crippen LogP contribution in [0.1, 0.15) is 39.5 Å². The molecule has 0 heterocycles. The van der Waals surface area contributed by atoms with E-state index in [-0.39, 0.29) is 19.5 Å². The average molecular weight is 220 g/mol. The molecule has 0 saturated carbocycles. The van der Waals surface area contributed by atoms with Gasteiger partial charge in [0.2, 0.25) is 0 Å². The third kappa shape index (κ3) is 5.77. The van der Waals surface area contributed by atoms with Gasteiger partial charge in [0.05, 0.1) is 0 Å². The van der Waals surface area contributed by atoms with E-state index in [1.54, 1.807) is 6.92 Å². The largest absolute Gasteiger partial charge is 0.876 e. The first-order valence-corrected chi connectivity index (χ1v) is 4.41. The van der Waals surface area contributed by atoms with Crippen LogP contribution in [-0.4, -0.2) is 0 Å². The molecule has 0 aromatic rings. The van der Waals surface area contributed by atoms with Gasteiger partial charge in [0.15, 0.2) is 0 Å². The molecule has 0 unspecified atom stereocenters. The quantitative estimate of drug-likeness (QED) is 0.621. The van der Waals surface area contributed by atoms with Crippen LogP contribution in [0.2, 0.25) is 0 Å². The molecule has 2 heteroatoms. The minimum atomic E-state index is 0. The first kappa shape index (κ1) is 14.7. The van der Waals surface area contributed by atoms with Crippen LogP contribution < -0.4 is 5.11 Å². The Kier molecular flexibility index (Phi) is 11.3. The molecule has 1 nitrogen and oxygen atoms in total. The van der Waals surface area contributed by atoms with Crippen molar-refractivity contribution in [3.63, 3.8) is 0 Å². The molecule has 0 aliphatic heterocycles. The maximum Gasteiger partial charge on any atom is 0 e. The molecule has 0 N–H and O–H groups in total. The SMILES string of the molecule is CC[C@H]1C=C([O-])CCC1.[CH2]C.[Zn]. The summed E-state index contributed by atoms with van der Waals surface area (Å²) in [6.07, 6.45) is 6.14. The van der Waals surface area contributed by atoms with Crippen LogP contribution in [0.15, 0.2) is 11.8 Å². The average Bonchev–Trinajstić information content (AvgIpc) is 2.08. The molecule has 1 aliphatic carbocycles. The molecule has 1 rings (SSSR count). The molecule has 0 fully saturated rings. The topological polar surface area (TPSA) is 23.1 Å². The van der Waals surface area contributed by atoms with Gasteiger partial charge in [0, 0.05) is 19.5 Å². The molecular weight excluding hydrogens is 201 g/mol. The van der Waals surface area contributed by atoms with Crippen molar-refractivity contribution < 1.29 is 24.6 Å². The molecule has 67 valence electrons. The monoisotopic (exact) mass is 218 g/mol. The Balaban J connectivity index is 0. The van der Waals surface area contributed by atoms with E-state index < -0.39 is 0 Å². The van der Waals surface area contributed by atoms with Gasteiger partial charge in [-0.1, -0.05) is 26.8 Å². The summed E-state index contributed by atoms with van der Waals surface area (Å²) in [5.74, 6) is 0.944. The smallest absolute Gasteiger partial charge is 0 e. The second-order valence-corrected chi connectivity index (χ2v) is 2.69. The summed E-state index contributed by atoms with van der Waals surface area (Å²) in [5.41, 5.74) is 0.